The normalized spacial score (nSPS) is 12.8. The van der Waals surface area contributed by atoms with Crippen molar-refractivity contribution in [2.24, 2.45) is 5.73 Å². The highest BCUT2D eigenvalue weighted by atomic mass is 16.3. The highest BCUT2D eigenvalue weighted by Crippen LogP contribution is 2.19. The van der Waals surface area contributed by atoms with Crippen LogP contribution in [0, 0.1) is 13.8 Å². The molecule has 0 aromatic heterocycles. The Morgan fingerprint density at radius 2 is 1.69 bits per heavy atom. The third-order valence-electron chi connectivity index (χ3n) is 2.19. The fourth-order valence-corrected chi connectivity index (χ4v) is 1.61. The molecule has 0 aliphatic carbocycles. The van der Waals surface area contributed by atoms with Gasteiger partial charge in [0, 0.05) is 11.3 Å². The molecule has 16 heavy (non-hydrogen) atoms. The molecule has 0 bridgehead atoms. The Balaban J connectivity index is 0.00000106. The Labute approximate surface area is 98.8 Å². The fraction of sp³-hybridized carbons (Fsp3) is 0.429. The van der Waals surface area contributed by atoms with Crippen molar-refractivity contribution in [2.45, 2.75) is 40.7 Å². The van der Waals surface area contributed by atoms with Crippen molar-refractivity contribution in [1.29, 1.82) is 0 Å². The van der Waals surface area contributed by atoms with Crippen molar-refractivity contribution in [3.05, 3.63) is 41.0 Å². The van der Waals surface area contributed by atoms with Gasteiger partial charge in [-0.2, -0.15) is 0 Å². The molecule has 0 saturated carbocycles. The summed E-state index contributed by atoms with van der Waals surface area (Å²) in [5.74, 6) is 0. The summed E-state index contributed by atoms with van der Waals surface area (Å²) in [7, 11) is 0. The predicted molar refractivity (Wildman–Crippen MR) is 71.1 cm³/mol. The van der Waals surface area contributed by atoms with Gasteiger partial charge in [0.1, 0.15) is 0 Å². The minimum atomic E-state index is -0.506. The first kappa shape index (κ1) is 14.7. The molecule has 0 amide bonds. The average molecular weight is 221 g/mol. The maximum Gasteiger partial charge on any atom is 0.0715 e. The lowest BCUT2D eigenvalue weighted by molar-refractivity contribution is 0.244. The van der Waals surface area contributed by atoms with E-state index in [0.717, 1.165) is 16.7 Å². The molecule has 1 rings (SSSR count). The van der Waals surface area contributed by atoms with Crippen LogP contribution in [-0.2, 0) is 0 Å². The zero-order valence-corrected chi connectivity index (χ0v) is 10.9. The molecule has 0 aliphatic rings. The second kappa shape index (κ2) is 7.07. The molecule has 0 aliphatic heterocycles. The lowest BCUT2D eigenvalue weighted by Crippen LogP contribution is -2.05. The quantitative estimate of drug-likeness (QED) is 0.806. The average Bonchev–Trinajstić information content (AvgIpc) is 2.19. The van der Waals surface area contributed by atoms with Gasteiger partial charge in [-0.05, 0) is 38.0 Å². The molecule has 1 unspecified atom stereocenters. The summed E-state index contributed by atoms with van der Waals surface area (Å²) < 4.78 is 0. The maximum absolute atomic E-state index is 9.21. The smallest absolute Gasteiger partial charge is 0.0715 e. The SMILES string of the molecule is CC.Cc1cccc(C)c1/C(N)=C/C(C)O. The minimum Gasteiger partial charge on any atom is -0.398 e. The lowest BCUT2D eigenvalue weighted by Gasteiger charge is -2.10. The molecule has 3 N–H and O–H groups in total. The Kier molecular flexibility index (Phi) is 6.50. The summed E-state index contributed by atoms with van der Waals surface area (Å²) in [6, 6.07) is 6.04. The monoisotopic (exact) mass is 221 g/mol. The molecular formula is C14H23NO. The molecule has 90 valence electrons. The van der Waals surface area contributed by atoms with Crippen LogP contribution in [0.5, 0.6) is 0 Å². The van der Waals surface area contributed by atoms with Crippen LogP contribution in [0.3, 0.4) is 0 Å². The van der Waals surface area contributed by atoms with Gasteiger partial charge in [-0.3, -0.25) is 0 Å². The van der Waals surface area contributed by atoms with Gasteiger partial charge in [0.25, 0.3) is 0 Å². The van der Waals surface area contributed by atoms with E-state index in [1.165, 1.54) is 0 Å². The molecule has 0 spiro atoms. The van der Waals surface area contributed by atoms with E-state index >= 15 is 0 Å². The van der Waals surface area contributed by atoms with Gasteiger partial charge >= 0.3 is 0 Å². The number of hydrogen-bond donors (Lipinski definition) is 2. The van der Waals surface area contributed by atoms with Crippen molar-refractivity contribution < 1.29 is 5.11 Å². The van der Waals surface area contributed by atoms with Crippen LogP contribution in [0.15, 0.2) is 24.3 Å². The molecule has 2 heteroatoms. The Morgan fingerprint density at radius 3 is 2.06 bits per heavy atom. The molecule has 0 heterocycles. The molecule has 1 atom stereocenters. The zero-order valence-electron chi connectivity index (χ0n) is 10.9. The molecule has 2 nitrogen and oxygen atoms in total. The van der Waals surface area contributed by atoms with E-state index in [9.17, 15) is 5.11 Å². The number of aryl methyl sites for hydroxylation is 2. The van der Waals surface area contributed by atoms with Crippen molar-refractivity contribution in [2.75, 3.05) is 0 Å². The van der Waals surface area contributed by atoms with Crippen LogP contribution < -0.4 is 5.73 Å². The van der Waals surface area contributed by atoms with E-state index in [-0.39, 0.29) is 0 Å². The molecule has 0 radical (unpaired) electrons. The van der Waals surface area contributed by atoms with Crippen LogP contribution in [0.1, 0.15) is 37.5 Å². The van der Waals surface area contributed by atoms with E-state index < -0.39 is 6.10 Å². The highest BCUT2D eigenvalue weighted by molar-refractivity contribution is 5.68. The number of aliphatic hydroxyl groups excluding tert-OH is 1. The van der Waals surface area contributed by atoms with Crippen molar-refractivity contribution in [1.82, 2.24) is 0 Å². The summed E-state index contributed by atoms with van der Waals surface area (Å²) in [5, 5.41) is 9.21. The maximum atomic E-state index is 9.21. The fourth-order valence-electron chi connectivity index (χ4n) is 1.61. The number of benzene rings is 1. The zero-order chi connectivity index (χ0) is 12.7. The van der Waals surface area contributed by atoms with Gasteiger partial charge < -0.3 is 10.8 Å². The molecular weight excluding hydrogens is 198 g/mol. The van der Waals surface area contributed by atoms with Crippen LogP contribution >= 0.6 is 0 Å². The summed E-state index contributed by atoms with van der Waals surface area (Å²) >= 11 is 0. The van der Waals surface area contributed by atoms with Gasteiger partial charge in [0.05, 0.1) is 6.10 Å². The van der Waals surface area contributed by atoms with Crippen molar-refractivity contribution >= 4 is 5.70 Å². The number of nitrogens with two attached hydrogens (primary N) is 1. The summed E-state index contributed by atoms with van der Waals surface area (Å²) in [6.45, 7) is 9.73. The van der Waals surface area contributed by atoms with Crippen LogP contribution in [0.2, 0.25) is 0 Å². The molecule has 0 fully saturated rings. The van der Waals surface area contributed by atoms with Crippen LogP contribution in [0.4, 0.5) is 0 Å². The van der Waals surface area contributed by atoms with Crippen molar-refractivity contribution in [3.8, 4) is 0 Å². The first-order valence-electron chi connectivity index (χ1n) is 5.74. The van der Waals surface area contributed by atoms with Gasteiger partial charge in [-0.15, -0.1) is 0 Å². The second-order valence-corrected chi connectivity index (χ2v) is 3.63. The number of aliphatic hydroxyl groups is 1. The van der Waals surface area contributed by atoms with Gasteiger partial charge in [-0.1, -0.05) is 32.0 Å². The molecule has 0 saturated heterocycles. The highest BCUT2D eigenvalue weighted by Gasteiger charge is 2.05. The predicted octanol–water partition coefficient (Wildman–Crippen LogP) is 3.01. The van der Waals surface area contributed by atoms with Crippen molar-refractivity contribution in [3.63, 3.8) is 0 Å². The van der Waals surface area contributed by atoms with Gasteiger partial charge in [-0.25, -0.2) is 0 Å². The lowest BCUT2D eigenvalue weighted by atomic mass is 9.99. The van der Waals surface area contributed by atoms with E-state index in [1.807, 2.05) is 45.9 Å². The Bertz CT molecular complexity index is 334. The topological polar surface area (TPSA) is 46.2 Å². The third kappa shape index (κ3) is 4.07. The molecule has 1 aromatic carbocycles. The second-order valence-electron chi connectivity index (χ2n) is 3.63. The summed E-state index contributed by atoms with van der Waals surface area (Å²) in [5.41, 5.74) is 9.86. The van der Waals surface area contributed by atoms with Crippen LogP contribution in [-0.4, -0.2) is 11.2 Å². The van der Waals surface area contributed by atoms with Gasteiger partial charge in [0.2, 0.25) is 0 Å². The first-order valence-corrected chi connectivity index (χ1v) is 5.74. The summed E-state index contributed by atoms with van der Waals surface area (Å²) in [6.07, 6.45) is 1.16. The largest absolute Gasteiger partial charge is 0.398 e. The summed E-state index contributed by atoms with van der Waals surface area (Å²) in [4.78, 5) is 0. The number of rotatable bonds is 2. The van der Waals surface area contributed by atoms with E-state index in [1.54, 1.807) is 13.0 Å². The third-order valence-corrected chi connectivity index (χ3v) is 2.19. The van der Waals surface area contributed by atoms with E-state index in [2.05, 4.69) is 0 Å². The first-order chi connectivity index (χ1) is 7.52. The standard InChI is InChI=1S/C12H17NO.C2H6/c1-8-5-4-6-9(2)12(8)11(13)7-10(3)14;1-2/h4-7,10,14H,13H2,1-3H3;1-2H3/b11-7-;. The Hall–Kier alpha value is -1.28. The molecule has 1 aromatic rings. The van der Waals surface area contributed by atoms with Crippen LogP contribution in [0.25, 0.3) is 5.70 Å². The van der Waals surface area contributed by atoms with E-state index in [4.69, 9.17) is 5.73 Å². The number of hydrogen-bond acceptors (Lipinski definition) is 2. The van der Waals surface area contributed by atoms with Gasteiger partial charge in [0.15, 0.2) is 0 Å². The van der Waals surface area contributed by atoms with E-state index in [0.29, 0.717) is 5.70 Å². The minimum absolute atomic E-state index is 0.506. The Morgan fingerprint density at radius 1 is 1.25 bits per heavy atom.